The molecule has 0 atom stereocenters. The SMILES string of the molecule is COc1ccc(C=NNC(N)=S)cc1OCCC(C)C. The van der Waals surface area contributed by atoms with Crippen molar-refractivity contribution in [3.63, 3.8) is 0 Å². The van der Waals surface area contributed by atoms with Crippen molar-refractivity contribution in [2.24, 2.45) is 16.8 Å². The van der Waals surface area contributed by atoms with Gasteiger partial charge in [-0.2, -0.15) is 5.10 Å². The third kappa shape index (κ3) is 5.88. The van der Waals surface area contributed by atoms with Crippen molar-refractivity contribution in [3.8, 4) is 11.5 Å². The summed E-state index contributed by atoms with van der Waals surface area (Å²) in [7, 11) is 1.62. The van der Waals surface area contributed by atoms with E-state index >= 15 is 0 Å². The largest absolute Gasteiger partial charge is 0.493 e. The van der Waals surface area contributed by atoms with Gasteiger partial charge in [-0.05, 0) is 48.3 Å². The van der Waals surface area contributed by atoms with Crippen LogP contribution in [-0.4, -0.2) is 25.0 Å². The second-order valence-corrected chi connectivity index (χ2v) is 5.12. The molecule has 1 rings (SSSR count). The Hall–Kier alpha value is -1.82. The summed E-state index contributed by atoms with van der Waals surface area (Å²) in [6.07, 6.45) is 2.61. The molecule has 20 heavy (non-hydrogen) atoms. The van der Waals surface area contributed by atoms with Crippen LogP contribution in [0.2, 0.25) is 0 Å². The molecular weight excluding hydrogens is 274 g/mol. The third-order valence-corrected chi connectivity index (χ3v) is 2.62. The van der Waals surface area contributed by atoms with Crippen LogP contribution in [0.15, 0.2) is 23.3 Å². The summed E-state index contributed by atoms with van der Waals surface area (Å²) in [5.41, 5.74) is 8.66. The standard InChI is InChI=1S/C14H21N3O2S/c1-10(2)6-7-19-13-8-11(4-5-12(13)18-3)9-16-17-14(15)20/h4-5,8-10H,6-7H2,1-3H3,(H3,15,17,20). The summed E-state index contributed by atoms with van der Waals surface area (Å²) in [4.78, 5) is 0. The highest BCUT2D eigenvalue weighted by Crippen LogP contribution is 2.27. The summed E-state index contributed by atoms with van der Waals surface area (Å²) in [5.74, 6) is 2.00. The average molecular weight is 295 g/mol. The lowest BCUT2D eigenvalue weighted by atomic mass is 10.1. The van der Waals surface area contributed by atoms with Gasteiger partial charge in [0, 0.05) is 0 Å². The summed E-state index contributed by atoms with van der Waals surface area (Å²) in [5, 5.41) is 4.04. The van der Waals surface area contributed by atoms with Crippen LogP contribution >= 0.6 is 12.2 Å². The zero-order valence-electron chi connectivity index (χ0n) is 12.1. The molecule has 0 saturated carbocycles. The number of rotatable bonds is 7. The first-order chi connectivity index (χ1) is 9.52. The van der Waals surface area contributed by atoms with Crippen LogP contribution in [0.4, 0.5) is 0 Å². The Labute approximate surface area is 125 Å². The topological polar surface area (TPSA) is 68.9 Å². The summed E-state index contributed by atoms with van der Waals surface area (Å²) >= 11 is 4.67. The summed E-state index contributed by atoms with van der Waals surface area (Å²) in [6.45, 7) is 4.97. The van der Waals surface area contributed by atoms with Gasteiger partial charge < -0.3 is 15.2 Å². The maximum absolute atomic E-state index is 5.75. The normalized spacial score (nSPS) is 10.8. The van der Waals surface area contributed by atoms with Crippen LogP contribution in [0.5, 0.6) is 11.5 Å². The molecule has 0 spiro atoms. The number of ether oxygens (including phenoxy) is 2. The van der Waals surface area contributed by atoms with Gasteiger partial charge in [0.1, 0.15) is 0 Å². The van der Waals surface area contributed by atoms with Crippen molar-refractivity contribution in [2.45, 2.75) is 20.3 Å². The van der Waals surface area contributed by atoms with E-state index in [1.165, 1.54) is 0 Å². The van der Waals surface area contributed by atoms with Crippen LogP contribution in [0.1, 0.15) is 25.8 Å². The second kappa shape index (κ2) is 8.37. The number of hydrogen-bond acceptors (Lipinski definition) is 4. The number of hydrazone groups is 1. The number of benzene rings is 1. The molecule has 0 saturated heterocycles. The van der Waals surface area contributed by atoms with Gasteiger partial charge >= 0.3 is 0 Å². The quantitative estimate of drug-likeness (QED) is 0.459. The van der Waals surface area contributed by atoms with Gasteiger partial charge in [-0.3, -0.25) is 5.43 Å². The van der Waals surface area contributed by atoms with Crippen molar-refractivity contribution in [3.05, 3.63) is 23.8 Å². The molecule has 0 unspecified atom stereocenters. The fourth-order valence-corrected chi connectivity index (χ4v) is 1.51. The maximum Gasteiger partial charge on any atom is 0.184 e. The predicted molar refractivity (Wildman–Crippen MR) is 85.5 cm³/mol. The van der Waals surface area contributed by atoms with E-state index in [2.05, 4.69) is 36.6 Å². The summed E-state index contributed by atoms with van der Waals surface area (Å²) < 4.78 is 11.0. The fraction of sp³-hybridized carbons (Fsp3) is 0.429. The number of nitrogens with one attached hydrogen (secondary N) is 1. The van der Waals surface area contributed by atoms with Crippen molar-refractivity contribution in [1.29, 1.82) is 0 Å². The first kappa shape index (κ1) is 16.2. The van der Waals surface area contributed by atoms with Gasteiger partial charge in [-0.25, -0.2) is 0 Å². The van der Waals surface area contributed by atoms with Crippen LogP contribution in [0.25, 0.3) is 0 Å². The zero-order chi connectivity index (χ0) is 15.0. The molecule has 0 amide bonds. The molecule has 0 aliphatic heterocycles. The molecule has 0 radical (unpaired) electrons. The van der Waals surface area contributed by atoms with E-state index in [9.17, 15) is 0 Å². The van der Waals surface area contributed by atoms with Gasteiger partial charge in [-0.15, -0.1) is 0 Å². The van der Waals surface area contributed by atoms with E-state index in [0.29, 0.717) is 24.0 Å². The molecule has 0 aromatic heterocycles. The fourth-order valence-electron chi connectivity index (χ4n) is 1.46. The van der Waals surface area contributed by atoms with E-state index in [0.717, 1.165) is 12.0 Å². The molecule has 0 aliphatic rings. The maximum atomic E-state index is 5.75. The van der Waals surface area contributed by atoms with E-state index in [1.807, 2.05) is 18.2 Å². The Morgan fingerprint density at radius 2 is 2.20 bits per heavy atom. The molecular formula is C14H21N3O2S. The van der Waals surface area contributed by atoms with Gasteiger partial charge in [0.05, 0.1) is 19.9 Å². The molecule has 3 N–H and O–H groups in total. The highest BCUT2D eigenvalue weighted by Gasteiger charge is 2.05. The van der Waals surface area contributed by atoms with Crippen LogP contribution in [-0.2, 0) is 0 Å². The first-order valence-corrected chi connectivity index (χ1v) is 6.83. The second-order valence-electron chi connectivity index (χ2n) is 4.68. The molecule has 6 heteroatoms. The smallest absolute Gasteiger partial charge is 0.184 e. The average Bonchev–Trinajstić information content (AvgIpc) is 2.38. The van der Waals surface area contributed by atoms with Crippen molar-refractivity contribution in [1.82, 2.24) is 5.43 Å². The van der Waals surface area contributed by atoms with E-state index in [1.54, 1.807) is 13.3 Å². The van der Waals surface area contributed by atoms with Crippen LogP contribution in [0, 0.1) is 5.92 Å². The predicted octanol–water partition coefficient (Wildman–Crippen LogP) is 2.29. The van der Waals surface area contributed by atoms with E-state index < -0.39 is 0 Å². The minimum Gasteiger partial charge on any atom is -0.493 e. The molecule has 0 heterocycles. The Morgan fingerprint density at radius 1 is 1.45 bits per heavy atom. The lowest BCUT2D eigenvalue weighted by Crippen LogP contribution is -2.23. The van der Waals surface area contributed by atoms with E-state index in [-0.39, 0.29) is 5.11 Å². The number of nitrogens with two attached hydrogens (primary N) is 1. The summed E-state index contributed by atoms with van der Waals surface area (Å²) in [6, 6.07) is 5.58. The molecule has 110 valence electrons. The number of thiocarbonyl (C=S) groups is 1. The molecule has 1 aromatic rings. The van der Waals surface area contributed by atoms with Crippen LogP contribution < -0.4 is 20.6 Å². The van der Waals surface area contributed by atoms with Crippen LogP contribution in [0.3, 0.4) is 0 Å². The Balaban J connectivity index is 2.74. The Morgan fingerprint density at radius 3 is 2.80 bits per heavy atom. The number of hydrogen-bond donors (Lipinski definition) is 2. The molecule has 0 fully saturated rings. The Bertz CT molecular complexity index is 475. The van der Waals surface area contributed by atoms with Gasteiger partial charge in [0.25, 0.3) is 0 Å². The molecule has 1 aromatic carbocycles. The van der Waals surface area contributed by atoms with Crippen molar-refractivity contribution >= 4 is 23.5 Å². The van der Waals surface area contributed by atoms with Gasteiger partial charge in [-0.1, -0.05) is 13.8 Å². The van der Waals surface area contributed by atoms with Gasteiger partial charge in [0.15, 0.2) is 16.6 Å². The molecule has 5 nitrogen and oxygen atoms in total. The highest BCUT2D eigenvalue weighted by atomic mass is 32.1. The highest BCUT2D eigenvalue weighted by molar-refractivity contribution is 7.80. The van der Waals surface area contributed by atoms with Crippen molar-refractivity contribution in [2.75, 3.05) is 13.7 Å². The zero-order valence-corrected chi connectivity index (χ0v) is 12.9. The third-order valence-electron chi connectivity index (χ3n) is 2.53. The van der Waals surface area contributed by atoms with Gasteiger partial charge in [0.2, 0.25) is 0 Å². The van der Waals surface area contributed by atoms with Crippen molar-refractivity contribution < 1.29 is 9.47 Å². The minimum absolute atomic E-state index is 0.128. The number of nitrogens with zero attached hydrogens (tertiary/aromatic N) is 1. The van der Waals surface area contributed by atoms with E-state index in [4.69, 9.17) is 15.2 Å². The minimum atomic E-state index is 0.128. The Kier molecular flexibility index (Phi) is 6.79. The lowest BCUT2D eigenvalue weighted by molar-refractivity contribution is 0.273. The first-order valence-electron chi connectivity index (χ1n) is 6.42. The molecule has 0 aliphatic carbocycles. The lowest BCUT2D eigenvalue weighted by Gasteiger charge is -2.12. The molecule has 0 bridgehead atoms. The number of methoxy groups -OCH3 is 1. The monoisotopic (exact) mass is 295 g/mol.